The molecule has 0 bridgehead atoms. The molecule has 1 heterocycles. The van der Waals surface area contributed by atoms with Crippen LogP contribution in [0.4, 0.5) is 8.78 Å². The summed E-state index contributed by atoms with van der Waals surface area (Å²) in [6, 6.07) is 6.73. The van der Waals surface area contributed by atoms with Crippen LogP contribution in [-0.2, 0) is 10.0 Å². The van der Waals surface area contributed by atoms with Gasteiger partial charge in [-0.15, -0.1) is 0 Å². The van der Waals surface area contributed by atoms with E-state index >= 15 is 0 Å². The third kappa shape index (κ3) is 4.15. The number of rotatable bonds is 4. The molecule has 8 heteroatoms. The van der Waals surface area contributed by atoms with Crippen molar-refractivity contribution in [2.24, 2.45) is 0 Å². The first-order chi connectivity index (χ1) is 13.8. The summed E-state index contributed by atoms with van der Waals surface area (Å²) in [5.41, 5.74) is 0.859. The molecule has 0 spiro atoms. The Bertz CT molecular complexity index is 1290. The summed E-state index contributed by atoms with van der Waals surface area (Å²) in [7, 11) is -3.68. The molecule has 0 aliphatic carbocycles. The lowest BCUT2D eigenvalue weighted by Gasteiger charge is -2.24. The van der Waals surface area contributed by atoms with Gasteiger partial charge in [0.05, 0.1) is 15.7 Å². The Morgan fingerprint density at radius 3 is 2.33 bits per heavy atom. The van der Waals surface area contributed by atoms with Gasteiger partial charge in [-0.3, -0.25) is 4.79 Å². The molecule has 0 radical (unpaired) electrons. The summed E-state index contributed by atoms with van der Waals surface area (Å²) >= 11 is 0. The van der Waals surface area contributed by atoms with Gasteiger partial charge in [0.2, 0.25) is 10.0 Å². The Labute approximate surface area is 173 Å². The number of nitrogens with one attached hydrogen (secondary N) is 1. The van der Waals surface area contributed by atoms with Gasteiger partial charge in [0, 0.05) is 23.7 Å². The van der Waals surface area contributed by atoms with E-state index < -0.39 is 37.9 Å². The minimum Gasteiger partial charge on any atom is -0.455 e. The number of hydrogen-bond acceptors (Lipinski definition) is 4. The van der Waals surface area contributed by atoms with E-state index in [2.05, 4.69) is 4.72 Å². The zero-order valence-corrected chi connectivity index (χ0v) is 18.2. The topological polar surface area (TPSA) is 76.4 Å². The SMILES string of the molecule is Cc1cc([C@@H](C)NS(=O)(=O)C(C)(C)C)c2oc(-c3ccc(F)cc3F)cc(=O)c2c1. The predicted octanol–water partition coefficient (Wildman–Crippen LogP) is 4.83. The fourth-order valence-corrected chi connectivity index (χ4v) is 4.00. The second kappa shape index (κ2) is 7.59. The molecule has 1 aromatic heterocycles. The van der Waals surface area contributed by atoms with Crippen molar-refractivity contribution in [3.63, 3.8) is 0 Å². The monoisotopic (exact) mass is 435 g/mol. The molecule has 0 aliphatic heterocycles. The Hall–Kier alpha value is -2.58. The lowest BCUT2D eigenvalue weighted by atomic mass is 10.0. The summed E-state index contributed by atoms with van der Waals surface area (Å²) < 4.78 is 60.2. The van der Waals surface area contributed by atoms with E-state index in [4.69, 9.17) is 4.42 Å². The molecule has 0 fully saturated rings. The second-order valence-electron chi connectivity index (χ2n) is 8.29. The van der Waals surface area contributed by atoms with E-state index in [1.807, 2.05) is 0 Å². The zero-order chi connectivity index (χ0) is 22.4. The van der Waals surface area contributed by atoms with Gasteiger partial charge < -0.3 is 4.42 Å². The molecule has 30 heavy (non-hydrogen) atoms. The first-order valence-corrected chi connectivity index (χ1v) is 10.8. The van der Waals surface area contributed by atoms with Gasteiger partial charge in [0.25, 0.3) is 0 Å². The number of sulfonamides is 1. The summed E-state index contributed by atoms with van der Waals surface area (Å²) in [6.07, 6.45) is 0. The molecule has 1 atom stereocenters. The molecule has 5 nitrogen and oxygen atoms in total. The molecule has 3 rings (SSSR count). The Morgan fingerprint density at radius 1 is 1.07 bits per heavy atom. The van der Waals surface area contributed by atoms with Crippen LogP contribution in [0.15, 0.2) is 45.6 Å². The van der Waals surface area contributed by atoms with Gasteiger partial charge in [0.15, 0.2) is 5.43 Å². The van der Waals surface area contributed by atoms with Crippen LogP contribution >= 0.6 is 0 Å². The summed E-state index contributed by atoms with van der Waals surface area (Å²) in [6.45, 7) is 8.15. The number of fused-ring (bicyclic) bond motifs is 1. The Balaban J connectivity index is 2.22. The van der Waals surface area contributed by atoms with Crippen LogP contribution in [-0.4, -0.2) is 13.2 Å². The van der Waals surface area contributed by atoms with Crippen molar-refractivity contribution >= 4 is 21.0 Å². The smallest absolute Gasteiger partial charge is 0.217 e. The van der Waals surface area contributed by atoms with Crippen LogP contribution in [0.3, 0.4) is 0 Å². The van der Waals surface area contributed by atoms with Gasteiger partial charge in [-0.05, 0) is 58.4 Å². The average Bonchev–Trinajstić information content (AvgIpc) is 2.60. The number of aryl methyl sites for hydroxylation is 1. The third-order valence-electron chi connectivity index (χ3n) is 4.80. The fourth-order valence-electron chi connectivity index (χ4n) is 3.05. The molecule has 0 saturated heterocycles. The van der Waals surface area contributed by atoms with E-state index in [-0.39, 0.29) is 22.3 Å². The molecule has 0 amide bonds. The predicted molar refractivity (Wildman–Crippen MR) is 113 cm³/mol. The zero-order valence-electron chi connectivity index (χ0n) is 17.3. The standard InChI is InChI=1S/C22H23F2NO4S/c1-12-8-16(13(2)25-30(27,28)22(3,4)5)21-17(9-12)19(26)11-20(29-21)15-7-6-14(23)10-18(15)24/h6-11,13,25H,1-5H3/t13-/m1/s1. The van der Waals surface area contributed by atoms with Gasteiger partial charge in [-0.1, -0.05) is 6.07 Å². The van der Waals surface area contributed by atoms with Crippen LogP contribution in [0.2, 0.25) is 0 Å². The number of hydrogen-bond donors (Lipinski definition) is 1. The highest BCUT2D eigenvalue weighted by molar-refractivity contribution is 7.90. The number of halogens is 2. The molecule has 3 aromatic rings. The third-order valence-corrected chi connectivity index (χ3v) is 7.08. The molecule has 0 aliphatic rings. The van der Waals surface area contributed by atoms with Crippen LogP contribution in [0.25, 0.3) is 22.3 Å². The van der Waals surface area contributed by atoms with E-state index in [0.717, 1.165) is 17.7 Å². The van der Waals surface area contributed by atoms with Crippen molar-refractivity contribution in [3.05, 3.63) is 69.4 Å². The highest BCUT2D eigenvalue weighted by Gasteiger charge is 2.31. The van der Waals surface area contributed by atoms with E-state index in [1.54, 1.807) is 46.8 Å². The molecular weight excluding hydrogens is 412 g/mol. The highest BCUT2D eigenvalue weighted by atomic mass is 32.2. The van der Waals surface area contributed by atoms with Crippen molar-refractivity contribution in [2.45, 2.75) is 45.4 Å². The van der Waals surface area contributed by atoms with Crippen molar-refractivity contribution in [1.82, 2.24) is 4.72 Å². The first kappa shape index (κ1) is 22.1. The molecule has 0 saturated carbocycles. The van der Waals surface area contributed by atoms with Crippen molar-refractivity contribution in [1.29, 1.82) is 0 Å². The van der Waals surface area contributed by atoms with Gasteiger partial charge in [-0.25, -0.2) is 21.9 Å². The minimum absolute atomic E-state index is 0.0650. The molecule has 0 unspecified atom stereocenters. The van der Waals surface area contributed by atoms with E-state index in [1.165, 1.54) is 6.07 Å². The van der Waals surface area contributed by atoms with Gasteiger partial charge in [-0.2, -0.15) is 0 Å². The average molecular weight is 435 g/mol. The Morgan fingerprint density at radius 2 is 1.73 bits per heavy atom. The van der Waals surface area contributed by atoms with Crippen molar-refractivity contribution < 1.29 is 21.6 Å². The maximum absolute atomic E-state index is 14.3. The van der Waals surface area contributed by atoms with Crippen LogP contribution < -0.4 is 10.2 Å². The maximum Gasteiger partial charge on any atom is 0.217 e. The summed E-state index contributed by atoms with van der Waals surface area (Å²) in [5.74, 6) is -1.69. The maximum atomic E-state index is 14.3. The molecule has 1 N–H and O–H groups in total. The second-order valence-corrected chi connectivity index (χ2v) is 10.8. The van der Waals surface area contributed by atoms with E-state index in [9.17, 15) is 22.0 Å². The van der Waals surface area contributed by atoms with E-state index in [0.29, 0.717) is 11.6 Å². The van der Waals surface area contributed by atoms with Gasteiger partial charge >= 0.3 is 0 Å². The van der Waals surface area contributed by atoms with Crippen LogP contribution in [0, 0.1) is 18.6 Å². The summed E-state index contributed by atoms with van der Waals surface area (Å²) in [5, 5.41) is 0.248. The van der Waals surface area contributed by atoms with Crippen molar-refractivity contribution in [3.8, 4) is 11.3 Å². The van der Waals surface area contributed by atoms with Crippen LogP contribution in [0.1, 0.15) is 44.9 Å². The highest BCUT2D eigenvalue weighted by Crippen LogP contribution is 2.31. The van der Waals surface area contributed by atoms with Crippen molar-refractivity contribution in [2.75, 3.05) is 0 Å². The first-order valence-electron chi connectivity index (χ1n) is 9.36. The quantitative estimate of drug-likeness (QED) is 0.637. The largest absolute Gasteiger partial charge is 0.455 e. The number of benzene rings is 2. The summed E-state index contributed by atoms with van der Waals surface area (Å²) in [4.78, 5) is 12.7. The minimum atomic E-state index is -3.68. The molecule has 2 aromatic carbocycles. The van der Waals surface area contributed by atoms with Gasteiger partial charge in [0.1, 0.15) is 23.0 Å². The van der Waals surface area contributed by atoms with Crippen LogP contribution in [0.5, 0.6) is 0 Å². The Kier molecular flexibility index (Phi) is 5.60. The molecule has 160 valence electrons. The normalized spacial score (nSPS) is 13.6. The lowest BCUT2D eigenvalue weighted by Crippen LogP contribution is -2.40. The molecular formula is C22H23F2NO4S. The lowest BCUT2D eigenvalue weighted by molar-refractivity contribution is 0.529. The fraction of sp³-hybridized carbons (Fsp3) is 0.318.